The van der Waals surface area contributed by atoms with Gasteiger partial charge in [0.1, 0.15) is 6.29 Å². The van der Waals surface area contributed by atoms with E-state index >= 15 is 0 Å². The zero-order valence-corrected chi connectivity index (χ0v) is 12.6. The Bertz CT molecular complexity index is 598. The fraction of sp³-hybridized carbons (Fsp3) is 0.556. The SMILES string of the molecule is COC(=O)C1(COCc2ccccc2)C2CC3C(C2C=O)C31. The third kappa shape index (κ3) is 1.67. The highest BCUT2D eigenvalue weighted by Crippen LogP contribution is 2.80. The van der Waals surface area contributed by atoms with Crippen LogP contribution < -0.4 is 0 Å². The van der Waals surface area contributed by atoms with E-state index in [9.17, 15) is 9.59 Å². The van der Waals surface area contributed by atoms with Crippen LogP contribution in [0.4, 0.5) is 0 Å². The molecule has 4 fully saturated rings. The molecule has 4 bridgehead atoms. The quantitative estimate of drug-likeness (QED) is 0.596. The molecule has 22 heavy (non-hydrogen) atoms. The summed E-state index contributed by atoms with van der Waals surface area (Å²) in [6.07, 6.45) is 2.03. The van der Waals surface area contributed by atoms with Crippen LogP contribution in [0.1, 0.15) is 12.0 Å². The lowest BCUT2D eigenvalue weighted by Gasteiger charge is -2.31. The van der Waals surface area contributed by atoms with Crippen molar-refractivity contribution in [3.8, 4) is 0 Å². The molecule has 1 aromatic rings. The first kappa shape index (κ1) is 13.9. The van der Waals surface area contributed by atoms with Crippen LogP contribution in [-0.2, 0) is 25.7 Å². The highest BCUT2D eigenvalue weighted by molar-refractivity contribution is 5.82. The summed E-state index contributed by atoms with van der Waals surface area (Å²) in [5.74, 6) is 1.14. The number of hydrogen-bond donors (Lipinski definition) is 0. The second kappa shape index (κ2) is 4.92. The zero-order valence-electron chi connectivity index (χ0n) is 12.6. The van der Waals surface area contributed by atoms with Crippen LogP contribution in [0.3, 0.4) is 0 Å². The summed E-state index contributed by atoms with van der Waals surface area (Å²) in [4.78, 5) is 23.9. The molecule has 5 rings (SSSR count). The van der Waals surface area contributed by atoms with E-state index in [1.165, 1.54) is 7.11 Å². The van der Waals surface area contributed by atoms with Gasteiger partial charge in [-0.05, 0) is 35.7 Å². The van der Waals surface area contributed by atoms with Crippen LogP contribution in [0, 0.1) is 35.0 Å². The lowest BCUT2D eigenvalue weighted by atomic mass is 9.77. The average Bonchev–Trinajstić information content (AvgIpc) is 2.90. The van der Waals surface area contributed by atoms with Gasteiger partial charge in [0.25, 0.3) is 0 Å². The molecule has 0 aromatic heterocycles. The molecule has 0 spiro atoms. The third-order valence-electron chi connectivity index (χ3n) is 6.10. The highest BCUT2D eigenvalue weighted by atomic mass is 16.5. The standard InChI is InChI=1S/C18H20O4/c1-21-17(20)18(10-22-9-11-5-3-2-4-6-11)14-7-12-15(16(12)18)13(14)8-19/h2-6,8,12-16H,7,9-10H2,1H3. The topological polar surface area (TPSA) is 52.6 Å². The molecule has 116 valence electrons. The molecule has 1 aromatic carbocycles. The van der Waals surface area contributed by atoms with Crippen molar-refractivity contribution < 1.29 is 19.1 Å². The van der Waals surface area contributed by atoms with Crippen molar-refractivity contribution in [2.24, 2.45) is 35.0 Å². The smallest absolute Gasteiger partial charge is 0.314 e. The fourth-order valence-electron chi connectivity index (χ4n) is 5.31. The Morgan fingerprint density at radius 3 is 2.73 bits per heavy atom. The lowest BCUT2D eigenvalue weighted by Crippen LogP contribution is -2.42. The van der Waals surface area contributed by atoms with Crippen LogP contribution in [-0.4, -0.2) is 26.0 Å². The van der Waals surface area contributed by atoms with E-state index in [1.807, 2.05) is 30.3 Å². The van der Waals surface area contributed by atoms with E-state index in [2.05, 4.69) is 0 Å². The van der Waals surface area contributed by atoms with Crippen molar-refractivity contribution in [2.45, 2.75) is 13.0 Å². The number of benzene rings is 1. The summed E-state index contributed by atoms with van der Waals surface area (Å²) >= 11 is 0. The Morgan fingerprint density at radius 1 is 1.36 bits per heavy atom. The first-order valence-corrected chi connectivity index (χ1v) is 7.89. The van der Waals surface area contributed by atoms with Gasteiger partial charge in [0, 0.05) is 5.92 Å². The second-order valence-corrected chi connectivity index (χ2v) is 6.83. The first-order chi connectivity index (χ1) is 10.7. The number of hydrogen-bond acceptors (Lipinski definition) is 4. The van der Waals surface area contributed by atoms with Gasteiger partial charge in [-0.3, -0.25) is 4.79 Å². The largest absolute Gasteiger partial charge is 0.469 e. The van der Waals surface area contributed by atoms with E-state index in [1.54, 1.807) is 0 Å². The molecule has 4 aliphatic rings. The molecular weight excluding hydrogens is 280 g/mol. The maximum atomic E-state index is 12.5. The van der Waals surface area contributed by atoms with Crippen LogP contribution in [0.2, 0.25) is 0 Å². The average molecular weight is 300 g/mol. The predicted molar refractivity (Wildman–Crippen MR) is 78.7 cm³/mol. The van der Waals surface area contributed by atoms with Crippen molar-refractivity contribution in [1.82, 2.24) is 0 Å². The molecule has 0 amide bonds. The molecule has 6 unspecified atom stereocenters. The maximum Gasteiger partial charge on any atom is 0.314 e. The van der Waals surface area contributed by atoms with Gasteiger partial charge in [0.05, 0.1) is 25.7 Å². The van der Waals surface area contributed by atoms with Crippen LogP contribution in [0.15, 0.2) is 30.3 Å². The van der Waals surface area contributed by atoms with Crippen molar-refractivity contribution in [3.05, 3.63) is 35.9 Å². The van der Waals surface area contributed by atoms with E-state index in [0.717, 1.165) is 18.3 Å². The van der Waals surface area contributed by atoms with Gasteiger partial charge in [-0.1, -0.05) is 30.3 Å². The van der Waals surface area contributed by atoms with E-state index in [4.69, 9.17) is 9.47 Å². The van der Waals surface area contributed by atoms with E-state index in [-0.39, 0.29) is 23.7 Å². The normalized spacial score (nSPS) is 40.5. The minimum atomic E-state index is -0.593. The lowest BCUT2D eigenvalue weighted by molar-refractivity contribution is -0.161. The summed E-state index contributed by atoms with van der Waals surface area (Å²) in [5, 5.41) is 0. The highest BCUT2D eigenvalue weighted by Gasteiger charge is 2.82. The van der Waals surface area contributed by atoms with Gasteiger partial charge >= 0.3 is 5.97 Å². The summed E-state index contributed by atoms with van der Waals surface area (Å²) in [6.45, 7) is 0.849. The summed E-state index contributed by atoms with van der Waals surface area (Å²) < 4.78 is 11.0. The van der Waals surface area contributed by atoms with Crippen molar-refractivity contribution in [3.63, 3.8) is 0 Å². The van der Waals surface area contributed by atoms with Crippen molar-refractivity contribution in [1.29, 1.82) is 0 Å². The minimum Gasteiger partial charge on any atom is -0.469 e. The van der Waals surface area contributed by atoms with Gasteiger partial charge in [-0.25, -0.2) is 0 Å². The first-order valence-electron chi connectivity index (χ1n) is 7.89. The number of esters is 1. The van der Waals surface area contributed by atoms with Gasteiger partial charge in [0.15, 0.2) is 0 Å². The third-order valence-corrected chi connectivity index (χ3v) is 6.10. The minimum absolute atomic E-state index is 0.0226. The molecule has 4 aliphatic carbocycles. The summed E-state index contributed by atoms with van der Waals surface area (Å²) in [5.41, 5.74) is 0.497. The van der Waals surface area contributed by atoms with E-state index in [0.29, 0.717) is 25.0 Å². The van der Waals surface area contributed by atoms with Crippen LogP contribution >= 0.6 is 0 Å². The molecule has 0 aliphatic heterocycles. The molecule has 4 saturated carbocycles. The summed E-state index contributed by atoms with van der Waals surface area (Å²) in [7, 11) is 1.43. The number of carbonyl (C=O) groups is 2. The molecule has 0 saturated heterocycles. The summed E-state index contributed by atoms with van der Waals surface area (Å²) in [6, 6.07) is 9.93. The second-order valence-electron chi connectivity index (χ2n) is 6.83. The number of rotatable bonds is 6. The Hall–Kier alpha value is -1.68. The molecule has 0 radical (unpaired) electrons. The Labute approximate surface area is 129 Å². The molecular formula is C18H20O4. The maximum absolute atomic E-state index is 12.5. The molecule has 0 heterocycles. The zero-order chi connectivity index (χ0) is 15.3. The number of ether oxygens (including phenoxy) is 2. The van der Waals surface area contributed by atoms with Crippen LogP contribution in [0.25, 0.3) is 0 Å². The Balaban J connectivity index is 1.52. The number of aldehydes is 1. The Kier molecular flexibility index (Phi) is 3.12. The fourth-order valence-corrected chi connectivity index (χ4v) is 5.31. The van der Waals surface area contributed by atoms with Gasteiger partial charge in [-0.15, -0.1) is 0 Å². The Morgan fingerprint density at radius 2 is 2.14 bits per heavy atom. The van der Waals surface area contributed by atoms with Crippen molar-refractivity contribution in [2.75, 3.05) is 13.7 Å². The van der Waals surface area contributed by atoms with Gasteiger partial charge in [-0.2, -0.15) is 0 Å². The number of methoxy groups -OCH3 is 1. The van der Waals surface area contributed by atoms with Gasteiger partial charge < -0.3 is 14.3 Å². The molecule has 0 N–H and O–H groups in total. The van der Waals surface area contributed by atoms with E-state index < -0.39 is 5.41 Å². The van der Waals surface area contributed by atoms with Crippen molar-refractivity contribution >= 4 is 12.3 Å². The molecule has 4 heteroatoms. The van der Waals surface area contributed by atoms with Gasteiger partial charge in [0.2, 0.25) is 0 Å². The molecule has 4 nitrogen and oxygen atoms in total. The van der Waals surface area contributed by atoms with Crippen LogP contribution in [0.5, 0.6) is 0 Å². The molecule has 6 atom stereocenters. The number of carbonyl (C=O) groups excluding carboxylic acids is 2. The predicted octanol–water partition coefficient (Wildman–Crippen LogP) is 2.07. The monoisotopic (exact) mass is 300 g/mol.